The number of nitrogen functional groups attached to an aromatic ring is 1. The van der Waals surface area contributed by atoms with Crippen molar-refractivity contribution in [3.05, 3.63) is 51.3 Å². The number of nitrogens with zero attached hydrogens (tertiary/aromatic N) is 2. The van der Waals surface area contributed by atoms with Gasteiger partial charge >= 0.3 is 0 Å². The van der Waals surface area contributed by atoms with Crippen LogP contribution in [0, 0.1) is 41.5 Å². The Kier molecular flexibility index (Phi) is 5.83. The summed E-state index contributed by atoms with van der Waals surface area (Å²) in [4.78, 5) is 5.03. The van der Waals surface area contributed by atoms with E-state index in [1.807, 2.05) is 0 Å². The summed E-state index contributed by atoms with van der Waals surface area (Å²) in [6.07, 6.45) is 6.08. The van der Waals surface area contributed by atoms with Crippen LogP contribution in [0.3, 0.4) is 0 Å². The molecule has 0 saturated carbocycles. The molecule has 0 atom stereocenters. The Hall–Kier alpha value is -2.29. The van der Waals surface area contributed by atoms with Crippen LogP contribution >= 0.6 is 0 Å². The zero-order chi connectivity index (χ0) is 20.6. The zero-order valence-corrected chi connectivity index (χ0v) is 18.7. The minimum absolute atomic E-state index is 0.900. The highest BCUT2D eigenvalue weighted by Gasteiger charge is 2.22. The number of fused-ring (bicyclic) bond motifs is 1. The molecule has 3 heteroatoms. The van der Waals surface area contributed by atoms with E-state index in [4.69, 9.17) is 10.7 Å². The summed E-state index contributed by atoms with van der Waals surface area (Å²) in [7, 11) is 0. The second kappa shape index (κ2) is 7.98. The molecule has 2 heterocycles. The second-order valence-electron chi connectivity index (χ2n) is 8.39. The molecule has 28 heavy (non-hydrogen) atoms. The zero-order valence-electron chi connectivity index (χ0n) is 18.7. The quantitative estimate of drug-likeness (QED) is 0.493. The summed E-state index contributed by atoms with van der Waals surface area (Å²) < 4.78 is 2.36. The minimum atomic E-state index is 0.900. The molecule has 0 aliphatic rings. The molecule has 0 spiro atoms. The number of pyridine rings is 1. The van der Waals surface area contributed by atoms with Gasteiger partial charge in [-0.15, -0.1) is 0 Å². The molecule has 0 amide bonds. The van der Waals surface area contributed by atoms with E-state index in [-0.39, 0.29) is 0 Å². The Balaban J connectivity index is 2.31. The highest BCUT2D eigenvalue weighted by molar-refractivity contribution is 5.96. The van der Waals surface area contributed by atoms with Crippen molar-refractivity contribution in [2.24, 2.45) is 0 Å². The number of unbranched alkanes of at least 4 members (excludes halogenated alkanes) is 3. The molecule has 2 N–H and O–H groups in total. The third-order valence-electron chi connectivity index (χ3n) is 6.14. The molecule has 0 fully saturated rings. The van der Waals surface area contributed by atoms with Crippen molar-refractivity contribution in [2.45, 2.75) is 80.6 Å². The molecule has 0 radical (unpaired) electrons. The lowest BCUT2D eigenvalue weighted by Crippen LogP contribution is -2.05. The fourth-order valence-electron chi connectivity index (χ4n) is 4.57. The van der Waals surface area contributed by atoms with Gasteiger partial charge in [-0.25, -0.2) is 4.98 Å². The maximum absolute atomic E-state index is 6.66. The normalized spacial score (nSPS) is 11.5. The monoisotopic (exact) mass is 377 g/mol. The Bertz CT molecular complexity index is 1000. The van der Waals surface area contributed by atoms with Crippen LogP contribution in [-0.4, -0.2) is 9.55 Å². The fraction of sp³-hybridized carbons (Fsp3) is 0.480. The smallest absolute Gasteiger partial charge is 0.147 e. The van der Waals surface area contributed by atoms with Gasteiger partial charge in [0.15, 0.2) is 0 Å². The van der Waals surface area contributed by atoms with E-state index in [0.29, 0.717) is 0 Å². The van der Waals surface area contributed by atoms with E-state index >= 15 is 0 Å². The SMILES string of the molecule is CCCCCCc1c(C)n(-c2c(C)cc(C)cc2C)c2nc(C)c(C)c(N)c12. The standard InChI is InChI=1S/C25H35N3/c1-8-9-10-11-12-21-20(7)28(24-16(3)13-15(2)14-17(24)4)25-22(21)23(26)18(5)19(6)27-25/h13-14H,8-12H2,1-7H3,(H2,26,27). The predicted molar refractivity (Wildman–Crippen MR) is 122 cm³/mol. The van der Waals surface area contributed by atoms with Crippen LogP contribution in [0.5, 0.6) is 0 Å². The average Bonchev–Trinajstić information content (AvgIpc) is 2.88. The summed E-state index contributed by atoms with van der Waals surface area (Å²) in [5.41, 5.74) is 18.5. The maximum Gasteiger partial charge on any atom is 0.147 e. The Morgan fingerprint density at radius 1 is 0.929 bits per heavy atom. The van der Waals surface area contributed by atoms with E-state index in [1.165, 1.54) is 59.3 Å². The third kappa shape index (κ3) is 3.43. The first-order valence-corrected chi connectivity index (χ1v) is 10.6. The molecule has 150 valence electrons. The van der Waals surface area contributed by atoms with Gasteiger partial charge < -0.3 is 5.73 Å². The third-order valence-corrected chi connectivity index (χ3v) is 6.14. The number of anilines is 1. The number of aromatic nitrogens is 2. The molecule has 3 aromatic rings. The van der Waals surface area contributed by atoms with Crippen molar-refractivity contribution in [2.75, 3.05) is 5.73 Å². The van der Waals surface area contributed by atoms with Crippen molar-refractivity contribution in [3.8, 4) is 5.69 Å². The number of hydrogen-bond acceptors (Lipinski definition) is 2. The summed E-state index contributed by atoms with van der Waals surface area (Å²) in [6.45, 7) is 15.2. The lowest BCUT2D eigenvalue weighted by atomic mass is 10.0. The van der Waals surface area contributed by atoms with Crippen molar-refractivity contribution >= 4 is 16.7 Å². The van der Waals surface area contributed by atoms with Crippen molar-refractivity contribution in [3.63, 3.8) is 0 Å². The molecule has 3 rings (SSSR count). The topological polar surface area (TPSA) is 43.8 Å². The molecule has 0 saturated heterocycles. The molecule has 0 unspecified atom stereocenters. The van der Waals surface area contributed by atoms with E-state index in [9.17, 15) is 0 Å². The summed E-state index contributed by atoms with van der Waals surface area (Å²) in [5, 5.41) is 1.16. The Labute approximate surface area is 170 Å². The van der Waals surface area contributed by atoms with Crippen LogP contribution < -0.4 is 5.73 Å². The number of rotatable bonds is 6. The van der Waals surface area contributed by atoms with Gasteiger partial charge in [-0.1, -0.05) is 43.9 Å². The van der Waals surface area contributed by atoms with Crippen LogP contribution in [0.25, 0.3) is 16.7 Å². The van der Waals surface area contributed by atoms with Crippen molar-refractivity contribution in [1.82, 2.24) is 9.55 Å². The van der Waals surface area contributed by atoms with Gasteiger partial charge in [0.2, 0.25) is 0 Å². The van der Waals surface area contributed by atoms with E-state index < -0.39 is 0 Å². The highest BCUT2D eigenvalue weighted by atomic mass is 15.1. The van der Waals surface area contributed by atoms with Crippen LogP contribution in [0.15, 0.2) is 12.1 Å². The van der Waals surface area contributed by atoms with Gasteiger partial charge in [0.1, 0.15) is 5.65 Å². The van der Waals surface area contributed by atoms with Crippen LogP contribution in [-0.2, 0) is 6.42 Å². The van der Waals surface area contributed by atoms with E-state index in [2.05, 4.69) is 65.2 Å². The van der Waals surface area contributed by atoms with E-state index in [0.717, 1.165) is 34.4 Å². The second-order valence-corrected chi connectivity index (χ2v) is 8.39. The Morgan fingerprint density at radius 3 is 2.18 bits per heavy atom. The van der Waals surface area contributed by atoms with Gasteiger partial charge in [-0.05, 0) is 76.6 Å². The molecule has 0 bridgehead atoms. The molecule has 2 aromatic heterocycles. The van der Waals surface area contributed by atoms with Crippen molar-refractivity contribution < 1.29 is 0 Å². The molecule has 0 aliphatic carbocycles. The highest BCUT2D eigenvalue weighted by Crippen LogP contribution is 2.37. The average molecular weight is 378 g/mol. The lowest BCUT2D eigenvalue weighted by molar-refractivity contribution is 0.666. The summed E-state index contributed by atoms with van der Waals surface area (Å²) in [6, 6.07) is 4.53. The molecule has 3 nitrogen and oxygen atoms in total. The van der Waals surface area contributed by atoms with Crippen LogP contribution in [0.4, 0.5) is 5.69 Å². The number of aryl methyl sites for hydroxylation is 5. The molecular formula is C25H35N3. The number of benzene rings is 1. The first-order valence-electron chi connectivity index (χ1n) is 10.6. The molecule has 0 aliphatic heterocycles. The fourth-order valence-corrected chi connectivity index (χ4v) is 4.57. The van der Waals surface area contributed by atoms with Gasteiger partial charge in [0, 0.05) is 22.5 Å². The molecular weight excluding hydrogens is 342 g/mol. The van der Waals surface area contributed by atoms with Gasteiger partial charge in [-0.2, -0.15) is 0 Å². The number of hydrogen-bond donors (Lipinski definition) is 1. The summed E-state index contributed by atoms with van der Waals surface area (Å²) >= 11 is 0. The van der Waals surface area contributed by atoms with Crippen molar-refractivity contribution in [1.29, 1.82) is 0 Å². The molecule has 1 aromatic carbocycles. The van der Waals surface area contributed by atoms with Crippen LogP contribution in [0.1, 0.15) is 71.8 Å². The van der Waals surface area contributed by atoms with Gasteiger partial charge in [-0.3, -0.25) is 4.57 Å². The maximum atomic E-state index is 6.66. The predicted octanol–water partition coefficient (Wildman–Crippen LogP) is 6.58. The lowest BCUT2D eigenvalue weighted by Gasteiger charge is -2.16. The van der Waals surface area contributed by atoms with Crippen LogP contribution in [0.2, 0.25) is 0 Å². The first-order chi connectivity index (χ1) is 13.3. The Morgan fingerprint density at radius 2 is 1.57 bits per heavy atom. The van der Waals surface area contributed by atoms with E-state index in [1.54, 1.807) is 0 Å². The minimum Gasteiger partial charge on any atom is -0.398 e. The first kappa shape index (κ1) is 20.4. The largest absolute Gasteiger partial charge is 0.398 e. The van der Waals surface area contributed by atoms with Gasteiger partial charge in [0.25, 0.3) is 0 Å². The number of nitrogens with two attached hydrogens (primary N) is 1. The summed E-state index contributed by atoms with van der Waals surface area (Å²) in [5.74, 6) is 0. The van der Waals surface area contributed by atoms with Gasteiger partial charge in [0.05, 0.1) is 5.69 Å².